The molecule has 1 atom stereocenters. The first-order valence-electron chi connectivity index (χ1n) is 6.43. The maximum atomic E-state index is 12.3. The summed E-state index contributed by atoms with van der Waals surface area (Å²) in [5.41, 5.74) is -0.00302. The average molecular weight is 235 g/mol. The maximum Gasteiger partial charge on any atom is 0.320 e. The van der Waals surface area contributed by atoms with Crippen molar-refractivity contribution in [1.82, 2.24) is 15.1 Å². The minimum Gasteiger partial charge on any atom is -0.317 e. The summed E-state index contributed by atoms with van der Waals surface area (Å²) in [5, 5.41) is 3.34. The predicted octanol–water partition coefficient (Wildman–Crippen LogP) is -0.183. The largest absolute Gasteiger partial charge is 0.320 e. The first kappa shape index (κ1) is 9.88. The quantitative estimate of drug-likeness (QED) is 0.675. The van der Waals surface area contributed by atoms with Gasteiger partial charge in [0.2, 0.25) is 0 Å². The average Bonchev–Trinajstić information content (AvgIpc) is 2.55. The van der Waals surface area contributed by atoms with Crippen LogP contribution in [0.4, 0.5) is 4.79 Å². The lowest BCUT2D eigenvalue weighted by atomic mass is 9.39. The van der Waals surface area contributed by atoms with E-state index in [0.29, 0.717) is 6.04 Å². The van der Waals surface area contributed by atoms with E-state index in [2.05, 4.69) is 10.2 Å². The van der Waals surface area contributed by atoms with Gasteiger partial charge in [0.15, 0.2) is 0 Å². The highest BCUT2D eigenvalue weighted by molar-refractivity contribution is 5.81. The molecule has 92 valence electrons. The fourth-order valence-corrected chi connectivity index (χ4v) is 4.24. The summed E-state index contributed by atoms with van der Waals surface area (Å²) in [6, 6.07) is 0.549. The molecule has 0 radical (unpaired) electrons. The van der Waals surface area contributed by atoms with Gasteiger partial charge in [0.05, 0.1) is 6.04 Å². The molecule has 1 N–H and O–H groups in total. The van der Waals surface area contributed by atoms with Gasteiger partial charge in [0.25, 0.3) is 0 Å². The topological polar surface area (TPSA) is 52.7 Å². The highest BCUT2D eigenvalue weighted by atomic mass is 16.2. The summed E-state index contributed by atoms with van der Waals surface area (Å²) in [5.74, 6) is 0. The van der Waals surface area contributed by atoms with Gasteiger partial charge in [-0.2, -0.15) is 0 Å². The molecule has 5 heteroatoms. The highest BCUT2D eigenvalue weighted by Gasteiger charge is 2.72. The lowest BCUT2D eigenvalue weighted by Gasteiger charge is -2.70. The molecule has 2 bridgehead atoms. The Morgan fingerprint density at radius 2 is 2.12 bits per heavy atom. The molecule has 5 nitrogen and oxygen atoms in total. The van der Waals surface area contributed by atoms with Crippen LogP contribution in [-0.4, -0.2) is 59.9 Å². The van der Waals surface area contributed by atoms with E-state index in [0.717, 1.165) is 51.7 Å². The van der Waals surface area contributed by atoms with E-state index in [-0.39, 0.29) is 17.0 Å². The van der Waals surface area contributed by atoms with E-state index in [1.165, 1.54) is 0 Å². The standard InChI is InChI=1S/C12H17N3O2/c16-8-11-5-12(6-11,7-11)15-4-9-3-13-1-2-14(9)10(15)17/h8-9,13H,1-7H2/t9-,11?,12?/m1/s1. The van der Waals surface area contributed by atoms with Crippen LogP contribution in [0.1, 0.15) is 19.3 Å². The number of piperazine rings is 1. The second-order valence-corrected chi connectivity index (χ2v) is 6.18. The Labute approximate surface area is 100 Å². The van der Waals surface area contributed by atoms with Crippen LogP contribution in [0.25, 0.3) is 0 Å². The van der Waals surface area contributed by atoms with Crippen molar-refractivity contribution in [2.45, 2.75) is 30.8 Å². The molecular formula is C12H17N3O2. The molecule has 5 rings (SSSR count). The van der Waals surface area contributed by atoms with Gasteiger partial charge in [-0.3, -0.25) is 0 Å². The summed E-state index contributed by atoms with van der Waals surface area (Å²) in [6.45, 7) is 3.49. The molecule has 3 aliphatic carbocycles. The van der Waals surface area contributed by atoms with Gasteiger partial charge in [-0.1, -0.05) is 0 Å². The van der Waals surface area contributed by atoms with Crippen molar-refractivity contribution in [3.05, 3.63) is 0 Å². The molecule has 5 aliphatic rings. The molecule has 3 saturated carbocycles. The van der Waals surface area contributed by atoms with Crippen LogP contribution in [0, 0.1) is 5.41 Å². The molecule has 0 aromatic heterocycles. The van der Waals surface area contributed by atoms with E-state index in [1.54, 1.807) is 0 Å². The smallest absolute Gasteiger partial charge is 0.317 e. The monoisotopic (exact) mass is 235 g/mol. The van der Waals surface area contributed by atoms with Gasteiger partial charge in [-0.15, -0.1) is 0 Å². The number of hydrogen-bond acceptors (Lipinski definition) is 3. The molecule has 0 unspecified atom stereocenters. The molecule has 0 spiro atoms. The van der Waals surface area contributed by atoms with Crippen LogP contribution in [0.5, 0.6) is 0 Å². The highest BCUT2D eigenvalue weighted by Crippen LogP contribution is 2.69. The van der Waals surface area contributed by atoms with Crippen molar-refractivity contribution < 1.29 is 9.59 Å². The number of urea groups is 1. The minimum atomic E-state index is -0.0539. The van der Waals surface area contributed by atoms with Gasteiger partial charge in [0.1, 0.15) is 6.29 Å². The number of nitrogens with zero attached hydrogens (tertiary/aromatic N) is 2. The van der Waals surface area contributed by atoms with Crippen molar-refractivity contribution in [1.29, 1.82) is 0 Å². The zero-order chi connectivity index (χ0) is 11.7. The molecule has 17 heavy (non-hydrogen) atoms. The van der Waals surface area contributed by atoms with Crippen LogP contribution in [0.2, 0.25) is 0 Å². The van der Waals surface area contributed by atoms with E-state index in [4.69, 9.17) is 0 Å². The zero-order valence-corrected chi connectivity index (χ0v) is 9.82. The Kier molecular flexibility index (Phi) is 1.64. The molecule has 2 aliphatic heterocycles. The summed E-state index contributed by atoms with van der Waals surface area (Å²) in [6.07, 6.45) is 3.82. The van der Waals surface area contributed by atoms with E-state index in [1.807, 2.05) is 4.90 Å². The maximum absolute atomic E-state index is 12.3. The lowest BCUT2D eigenvalue weighted by Crippen LogP contribution is -2.75. The van der Waals surface area contributed by atoms with Crippen molar-refractivity contribution in [2.75, 3.05) is 26.2 Å². The fourth-order valence-electron chi connectivity index (χ4n) is 4.24. The van der Waals surface area contributed by atoms with Gasteiger partial charge in [0, 0.05) is 37.1 Å². The number of hydrogen-bond donors (Lipinski definition) is 1. The summed E-state index contributed by atoms with van der Waals surface area (Å²) in [4.78, 5) is 27.3. The second-order valence-electron chi connectivity index (χ2n) is 6.18. The van der Waals surface area contributed by atoms with Crippen molar-refractivity contribution >= 4 is 12.3 Å². The van der Waals surface area contributed by atoms with Crippen molar-refractivity contribution in [2.24, 2.45) is 5.41 Å². The molecule has 0 aromatic carbocycles. The summed E-state index contributed by atoms with van der Waals surface area (Å²) >= 11 is 0. The molecule has 2 amide bonds. The van der Waals surface area contributed by atoms with Crippen LogP contribution in [-0.2, 0) is 4.79 Å². The van der Waals surface area contributed by atoms with Gasteiger partial charge < -0.3 is 19.9 Å². The third kappa shape index (κ3) is 1.04. The molecular weight excluding hydrogens is 218 g/mol. The van der Waals surface area contributed by atoms with Crippen molar-refractivity contribution in [3.8, 4) is 0 Å². The normalized spacial score (nSPS) is 47.3. The van der Waals surface area contributed by atoms with Gasteiger partial charge in [-0.05, 0) is 19.3 Å². The van der Waals surface area contributed by atoms with Crippen LogP contribution >= 0.6 is 0 Å². The number of fused-ring (bicyclic) bond motifs is 1. The van der Waals surface area contributed by atoms with Crippen LogP contribution < -0.4 is 5.32 Å². The first-order valence-corrected chi connectivity index (χ1v) is 6.43. The Morgan fingerprint density at radius 1 is 1.35 bits per heavy atom. The number of nitrogens with one attached hydrogen (secondary N) is 1. The van der Waals surface area contributed by atoms with E-state index >= 15 is 0 Å². The third-order valence-corrected chi connectivity index (χ3v) is 5.09. The zero-order valence-electron chi connectivity index (χ0n) is 9.82. The lowest BCUT2D eigenvalue weighted by molar-refractivity contribution is -0.191. The first-order chi connectivity index (χ1) is 8.18. The number of aldehydes is 1. The van der Waals surface area contributed by atoms with E-state index < -0.39 is 0 Å². The summed E-state index contributed by atoms with van der Waals surface area (Å²) in [7, 11) is 0. The number of carbonyl (C=O) groups excluding carboxylic acids is 2. The number of amides is 2. The van der Waals surface area contributed by atoms with Crippen LogP contribution in [0.15, 0.2) is 0 Å². The Morgan fingerprint density at radius 3 is 2.76 bits per heavy atom. The van der Waals surface area contributed by atoms with Crippen LogP contribution in [0.3, 0.4) is 0 Å². The SMILES string of the molecule is O=CC12CC(N3C[C@H]4CNCCN4C3=O)(C1)C2. The molecule has 2 saturated heterocycles. The minimum absolute atomic E-state index is 0.0509. The molecule has 0 aromatic rings. The second kappa shape index (κ2) is 2.83. The van der Waals surface area contributed by atoms with Gasteiger partial charge in [-0.25, -0.2) is 4.79 Å². The predicted molar refractivity (Wildman–Crippen MR) is 60.5 cm³/mol. The fraction of sp³-hybridized carbons (Fsp3) is 0.833. The van der Waals surface area contributed by atoms with Crippen molar-refractivity contribution in [3.63, 3.8) is 0 Å². The van der Waals surface area contributed by atoms with Gasteiger partial charge >= 0.3 is 6.03 Å². The Hall–Kier alpha value is -1.10. The number of rotatable bonds is 2. The Balaban J connectivity index is 1.54. The Bertz CT molecular complexity index is 389. The summed E-state index contributed by atoms with van der Waals surface area (Å²) < 4.78 is 0. The van der Waals surface area contributed by atoms with E-state index in [9.17, 15) is 9.59 Å². The number of carbonyl (C=O) groups is 2. The third-order valence-electron chi connectivity index (χ3n) is 5.09. The molecule has 5 fully saturated rings. The molecule has 2 heterocycles.